The smallest absolute Gasteiger partial charge is 0.243 e. The predicted octanol–water partition coefficient (Wildman–Crippen LogP) is 4.36. The fourth-order valence-electron chi connectivity index (χ4n) is 3.43. The van der Waals surface area contributed by atoms with Gasteiger partial charge in [-0.1, -0.05) is 39.5 Å². The molecule has 0 amide bonds. The van der Waals surface area contributed by atoms with Crippen LogP contribution in [0.5, 0.6) is 0 Å². The maximum absolute atomic E-state index is 12.8. The zero-order valence-electron chi connectivity index (χ0n) is 18.6. The standard InChI is InChI=1S/C21H31N5O2S2/c1-7-25(8-2)30(27,28)17-9-10-18-19(11-17)24-20(23-18)13-29-21-22-15(5)16(6)26(21)12-14(3)4/h9-11,14H,7-8,12-13H2,1-6H3,(H,23,24). The first-order valence-corrected chi connectivity index (χ1v) is 12.7. The topological polar surface area (TPSA) is 83.9 Å². The highest BCUT2D eigenvalue weighted by Gasteiger charge is 2.22. The first-order valence-electron chi connectivity index (χ1n) is 10.3. The van der Waals surface area contributed by atoms with Gasteiger partial charge in [0.25, 0.3) is 0 Å². The number of hydrogen-bond donors (Lipinski definition) is 1. The van der Waals surface area contributed by atoms with Crippen molar-refractivity contribution in [2.24, 2.45) is 5.92 Å². The molecule has 0 aliphatic heterocycles. The van der Waals surface area contributed by atoms with Crippen LogP contribution in [0, 0.1) is 19.8 Å². The Morgan fingerprint density at radius 2 is 1.87 bits per heavy atom. The van der Waals surface area contributed by atoms with E-state index < -0.39 is 10.0 Å². The summed E-state index contributed by atoms with van der Waals surface area (Å²) < 4.78 is 29.3. The second-order valence-corrected chi connectivity index (χ2v) is 10.7. The number of hydrogen-bond acceptors (Lipinski definition) is 5. The normalized spacial score (nSPS) is 12.5. The molecule has 0 fully saturated rings. The van der Waals surface area contributed by atoms with Crippen molar-refractivity contribution < 1.29 is 8.42 Å². The van der Waals surface area contributed by atoms with Crippen LogP contribution >= 0.6 is 11.8 Å². The van der Waals surface area contributed by atoms with Gasteiger partial charge in [-0.3, -0.25) is 0 Å². The lowest BCUT2D eigenvalue weighted by molar-refractivity contribution is 0.445. The molecular weight excluding hydrogens is 418 g/mol. The third-order valence-electron chi connectivity index (χ3n) is 5.15. The average Bonchev–Trinajstić information content (AvgIpc) is 3.21. The Balaban J connectivity index is 1.83. The van der Waals surface area contributed by atoms with E-state index >= 15 is 0 Å². The number of fused-ring (bicyclic) bond motifs is 1. The SMILES string of the molecule is CCN(CC)S(=O)(=O)c1ccc2nc(CSc3nc(C)c(C)n3CC(C)C)[nH]c2c1. The van der Waals surface area contributed by atoms with E-state index in [-0.39, 0.29) is 0 Å². The Morgan fingerprint density at radius 3 is 2.50 bits per heavy atom. The van der Waals surface area contributed by atoms with Gasteiger partial charge in [0.15, 0.2) is 5.16 Å². The maximum Gasteiger partial charge on any atom is 0.243 e. The van der Waals surface area contributed by atoms with Crippen LogP contribution in [-0.2, 0) is 22.3 Å². The van der Waals surface area contributed by atoms with Crippen molar-refractivity contribution in [2.75, 3.05) is 13.1 Å². The second kappa shape index (κ2) is 9.11. The number of thioether (sulfide) groups is 1. The maximum atomic E-state index is 12.8. The van der Waals surface area contributed by atoms with E-state index in [0.717, 1.165) is 34.3 Å². The predicted molar refractivity (Wildman–Crippen MR) is 122 cm³/mol. The van der Waals surface area contributed by atoms with Gasteiger partial charge in [0.05, 0.1) is 27.4 Å². The summed E-state index contributed by atoms with van der Waals surface area (Å²) in [7, 11) is -3.49. The molecule has 2 heterocycles. The Labute approximate surface area is 183 Å². The molecule has 0 unspecified atom stereocenters. The number of imidazole rings is 2. The molecule has 3 rings (SSSR count). The molecule has 0 spiro atoms. The molecule has 164 valence electrons. The van der Waals surface area contributed by atoms with Gasteiger partial charge in [-0.2, -0.15) is 4.31 Å². The van der Waals surface area contributed by atoms with Crippen molar-refractivity contribution in [2.45, 2.75) is 63.9 Å². The molecule has 0 saturated heterocycles. The highest BCUT2D eigenvalue weighted by Crippen LogP contribution is 2.27. The molecule has 0 saturated carbocycles. The zero-order valence-corrected chi connectivity index (χ0v) is 20.2. The number of aryl methyl sites for hydroxylation is 1. The van der Waals surface area contributed by atoms with Crippen molar-refractivity contribution in [3.05, 3.63) is 35.4 Å². The molecule has 3 aromatic rings. The first-order chi connectivity index (χ1) is 14.2. The van der Waals surface area contributed by atoms with Gasteiger partial charge in [0.1, 0.15) is 5.82 Å². The molecule has 30 heavy (non-hydrogen) atoms. The van der Waals surface area contributed by atoms with E-state index in [2.05, 4.69) is 35.3 Å². The summed E-state index contributed by atoms with van der Waals surface area (Å²) in [6, 6.07) is 5.08. The quantitative estimate of drug-likeness (QED) is 0.491. The van der Waals surface area contributed by atoms with E-state index in [0.29, 0.717) is 29.7 Å². The minimum absolute atomic E-state index is 0.292. The Hall–Kier alpha value is -1.84. The number of nitrogens with zero attached hydrogens (tertiary/aromatic N) is 4. The van der Waals surface area contributed by atoms with Gasteiger partial charge in [-0.05, 0) is 38.0 Å². The minimum Gasteiger partial charge on any atom is -0.341 e. The van der Waals surface area contributed by atoms with Gasteiger partial charge in [-0.15, -0.1) is 0 Å². The highest BCUT2D eigenvalue weighted by atomic mass is 32.2. The summed E-state index contributed by atoms with van der Waals surface area (Å²) in [5.74, 6) is 1.98. The number of rotatable bonds is 9. The summed E-state index contributed by atoms with van der Waals surface area (Å²) >= 11 is 1.65. The summed E-state index contributed by atoms with van der Waals surface area (Å²) in [5, 5.41) is 0.990. The summed E-state index contributed by atoms with van der Waals surface area (Å²) in [6.45, 7) is 14.1. The number of benzene rings is 1. The molecular formula is C21H31N5O2S2. The number of sulfonamides is 1. The van der Waals surface area contributed by atoms with Crippen molar-refractivity contribution in [3.63, 3.8) is 0 Å². The number of aromatic nitrogens is 4. The van der Waals surface area contributed by atoms with Crippen molar-refractivity contribution >= 4 is 32.8 Å². The fraction of sp³-hybridized carbons (Fsp3) is 0.524. The number of nitrogens with one attached hydrogen (secondary N) is 1. The van der Waals surface area contributed by atoms with E-state index in [9.17, 15) is 8.42 Å². The molecule has 1 aromatic carbocycles. The van der Waals surface area contributed by atoms with E-state index in [4.69, 9.17) is 4.98 Å². The van der Waals surface area contributed by atoms with E-state index in [1.54, 1.807) is 30.0 Å². The Morgan fingerprint density at radius 1 is 1.17 bits per heavy atom. The molecule has 0 bridgehead atoms. The summed E-state index contributed by atoms with van der Waals surface area (Å²) in [6.07, 6.45) is 0. The lowest BCUT2D eigenvalue weighted by Gasteiger charge is -2.18. The Kier molecular flexibility index (Phi) is 6.94. The van der Waals surface area contributed by atoms with Crippen molar-refractivity contribution in [1.29, 1.82) is 0 Å². The first kappa shape index (κ1) is 22.8. The van der Waals surface area contributed by atoms with Crippen LogP contribution in [0.15, 0.2) is 28.3 Å². The van der Waals surface area contributed by atoms with Gasteiger partial charge >= 0.3 is 0 Å². The van der Waals surface area contributed by atoms with E-state index in [1.165, 1.54) is 10.00 Å². The molecule has 0 aliphatic carbocycles. The van der Waals surface area contributed by atoms with Crippen LogP contribution in [0.1, 0.15) is 44.9 Å². The van der Waals surface area contributed by atoms with Gasteiger partial charge < -0.3 is 9.55 Å². The minimum atomic E-state index is -3.49. The molecule has 0 atom stereocenters. The highest BCUT2D eigenvalue weighted by molar-refractivity contribution is 7.98. The van der Waals surface area contributed by atoms with Gasteiger partial charge in [0.2, 0.25) is 10.0 Å². The number of H-pyrrole nitrogens is 1. The Bertz CT molecular complexity index is 1130. The second-order valence-electron chi connectivity index (χ2n) is 7.81. The summed E-state index contributed by atoms with van der Waals surface area (Å²) in [5.41, 5.74) is 3.75. The van der Waals surface area contributed by atoms with Crippen molar-refractivity contribution in [1.82, 2.24) is 23.8 Å². The van der Waals surface area contributed by atoms with Crippen LogP contribution < -0.4 is 0 Å². The van der Waals surface area contributed by atoms with E-state index in [1.807, 2.05) is 20.8 Å². The lowest BCUT2D eigenvalue weighted by atomic mass is 10.2. The van der Waals surface area contributed by atoms with Gasteiger partial charge in [-0.25, -0.2) is 18.4 Å². The molecule has 9 heteroatoms. The van der Waals surface area contributed by atoms with Gasteiger partial charge in [0, 0.05) is 25.3 Å². The lowest BCUT2D eigenvalue weighted by Crippen LogP contribution is -2.30. The molecule has 7 nitrogen and oxygen atoms in total. The third kappa shape index (κ3) is 4.58. The van der Waals surface area contributed by atoms with Crippen LogP contribution in [0.25, 0.3) is 11.0 Å². The van der Waals surface area contributed by atoms with Crippen LogP contribution in [0.3, 0.4) is 0 Å². The van der Waals surface area contributed by atoms with Crippen molar-refractivity contribution in [3.8, 4) is 0 Å². The monoisotopic (exact) mass is 449 g/mol. The largest absolute Gasteiger partial charge is 0.341 e. The third-order valence-corrected chi connectivity index (χ3v) is 8.19. The zero-order chi connectivity index (χ0) is 22.1. The number of aromatic amines is 1. The van der Waals surface area contributed by atoms with Crippen LogP contribution in [-0.4, -0.2) is 45.3 Å². The summed E-state index contributed by atoms with van der Waals surface area (Å²) in [4.78, 5) is 12.9. The fourth-order valence-corrected chi connectivity index (χ4v) is 5.89. The van der Waals surface area contributed by atoms with Crippen LogP contribution in [0.4, 0.5) is 0 Å². The average molecular weight is 450 g/mol. The molecule has 0 radical (unpaired) electrons. The molecule has 0 aliphatic rings. The van der Waals surface area contributed by atoms with Crippen LogP contribution in [0.2, 0.25) is 0 Å². The molecule has 2 aromatic heterocycles. The molecule has 1 N–H and O–H groups in total.